The molecule has 0 atom stereocenters. The zero-order valence-electron chi connectivity index (χ0n) is 10.7. The largest absolute Gasteiger partial charge is 0.368 e. The van der Waals surface area contributed by atoms with E-state index in [9.17, 15) is 8.42 Å². The highest BCUT2D eigenvalue weighted by molar-refractivity contribution is 7.88. The van der Waals surface area contributed by atoms with Gasteiger partial charge in [-0.1, -0.05) is 6.07 Å². The monoisotopic (exact) mass is 280 g/mol. The number of fused-ring (bicyclic) bond motifs is 1. The van der Waals surface area contributed by atoms with Gasteiger partial charge in [0, 0.05) is 37.3 Å². The number of H-pyrrole nitrogens is 1. The lowest BCUT2D eigenvalue weighted by Crippen LogP contribution is -2.48. The van der Waals surface area contributed by atoms with Crippen LogP contribution < -0.4 is 4.90 Å². The van der Waals surface area contributed by atoms with E-state index in [1.807, 2.05) is 24.4 Å². The van der Waals surface area contributed by atoms with E-state index in [0.29, 0.717) is 26.2 Å². The zero-order chi connectivity index (χ0) is 13.5. The van der Waals surface area contributed by atoms with Crippen molar-refractivity contribution >= 4 is 26.6 Å². The molecule has 2 heterocycles. The van der Waals surface area contributed by atoms with E-state index in [1.54, 1.807) is 0 Å². The Morgan fingerprint density at radius 1 is 1.21 bits per heavy atom. The van der Waals surface area contributed by atoms with Crippen LogP contribution in [0, 0.1) is 0 Å². The van der Waals surface area contributed by atoms with Crippen molar-refractivity contribution in [2.75, 3.05) is 37.3 Å². The minimum Gasteiger partial charge on any atom is -0.368 e. The number of sulfonamides is 1. The van der Waals surface area contributed by atoms with Gasteiger partial charge < -0.3 is 4.90 Å². The molecule has 1 aliphatic heterocycles. The van der Waals surface area contributed by atoms with Crippen molar-refractivity contribution in [3.8, 4) is 0 Å². The molecule has 0 radical (unpaired) electrons. The maximum absolute atomic E-state index is 11.5. The summed E-state index contributed by atoms with van der Waals surface area (Å²) in [7, 11) is -3.08. The standard InChI is InChI=1S/C12H16N4O2S/c1-19(17,18)16-7-5-15(6-8-16)12-4-2-3-11-10(12)9-13-14-11/h2-4,9H,5-8H2,1H3,(H,13,14). The Balaban J connectivity index is 1.84. The molecule has 7 heteroatoms. The molecule has 0 unspecified atom stereocenters. The Bertz CT molecular complexity index is 687. The minimum absolute atomic E-state index is 0.535. The van der Waals surface area contributed by atoms with Crippen molar-refractivity contribution in [3.63, 3.8) is 0 Å². The van der Waals surface area contributed by atoms with Crippen LogP contribution in [0.15, 0.2) is 24.4 Å². The highest BCUT2D eigenvalue weighted by Crippen LogP contribution is 2.26. The first-order chi connectivity index (χ1) is 9.05. The summed E-state index contributed by atoms with van der Waals surface area (Å²) >= 11 is 0. The summed E-state index contributed by atoms with van der Waals surface area (Å²) in [6.07, 6.45) is 3.08. The molecule has 6 nitrogen and oxygen atoms in total. The average Bonchev–Trinajstić information content (AvgIpc) is 2.86. The van der Waals surface area contributed by atoms with Crippen molar-refractivity contribution in [1.29, 1.82) is 0 Å². The van der Waals surface area contributed by atoms with E-state index in [1.165, 1.54) is 10.6 Å². The maximum atomic E-state index is 11.5. The molecule has 0 amide bonds. The fourth-order valence-electron chi connectivity index (χ4n) is 2.49. The number of nitrogens with zero attached hydrogens (tertiary/aromatic N) is 3. The minimum atomic E-state index is -3.08. The number of benzene rings is 1. The van der Waals surface area contributed by atoms with Crippen LogP contribution in [0.3, 0.4) is 0 Å². The molecule has 1 fully saturated rings. The molecule has 1 aromatic carbocycles. The summed E-state index contributed by atoms with van der Waals surface area (Å²) in [6, 6.07) is 6.02. The van der Waals surface area contributed by atoms with Gasteiger partial charge in [-0.15, -0.1) is 0 Å². The third-order valence-electron chi connectivity index (χ3n) is 3.51. The predicted octanol–water partition coefficient (Wildman–Crippen LogP) is 0.644. The number of rotatable bonds is 2. The third kappa shape index (κ3) is 2.31. The average molecular weight is 280 g/mol. The molecule has 0 bridgehead atoms. The highest BCUT2D eigenvalue weighted by atomic mass is 32.2. The second-order valence-electron chi connectivity index (χ2n) is 4.76. The molecule has 102 valence electrons. The van der Waals surface area contributed by atoms with Crippen LogP contribution in [-0.2, 0) is 10.0 Å². The number of nitrogens with one attached hydrogen (secondary N) is 1. The Labute approximate surface area is 112 Å². The first kappa shape index (κ1) is 12.4. The lowest BCUT2D eigenvalue weighted by atomic mass is 10.2. The van der Waals surface area contributed by atoms with Crippen molar-refractivity contribution in [1.82, 2.24) is 14.5 Å². The van der Waals surface area contributed by atoms with E-state index in [0.717, 1.165) is 16.6 Å². The lowest BCUT2D eigenvalue weighted by Gasteiger charge is -2.35. The third-order valence-corrected chi connectivity index (χ3v) is 4.81. The van der Waals surface area contributed by atoms with Crippen LogP contribution in [0.4, 0.5) is 5.69 Å². The van der Waals surface area contributed by atoms with Gasteiger partial charge in [0.05, 0.1) is 18.0 Å². The first-order valence-corrected chi connectivity index (χ1v) is 8.03. The molecule has 0 aliphatic carbocycles. The zero-order valence-corrected chi connectivity index (χ0v) is 11.5. The summed E-state index contributed by atoms with van der Waals surface area (Å²) < 4.78 is 24.5. The Kier molecular flexibility index (Phi) is 2.94. The van der Waals surface area contributed by atoms with Crippen LogP contribution >= 0.6 is 0 Å². The fourth-order valence-corrected chi connectivity index (χ4v) is 3.32. The number of aromatic nitrogens is 2. The normalized spacial score (nSPS) is 18.1. The van der Waals surface area contributed by atoms with E-state index in [2.05, 4.69) is 15.1 Å². The van der Waals surface area contributed by atoms with Gasteiger partial charge >= 0.3 is 0 Å². The number of piperazine rings is 1. The molecule has 1 N–H and O–H groups in total. The van der Waals surface area contributed by atoms with Gasteiger partial charge in [0.2, 0.25) is 10.0 Å². The summed E-state index contributed by atoms with van der Waals surface area (Å²) in [4.78, 5) is 2.21. The lowest BCUT2D eigenvalue weighted by molar-refractivity contribution is 0.388. The van der Waals surface area contributed by atoms with Crippen molar-refractivity contribution in [2.45, 2.75) is 0 Å². The molecule has 2 aromatic rings. The van der Waals surface area contributed by atoms with Gasteiger partial charge in [0.25, 0.3) is 0 Å². The van der Waals surface area contributed by atoms with Gasteiger partial charge in [0.1, 0.15) is 0 Å². The van der Waals surface area contributed by atoms with E-state index in [4.69, 9.17) is 0 Å². The summed E-state index contributed by atoms with van der Waals surface area (Å²) in [6.45, 7) is 2.48. The fraction of sp³-hybridized carbons (Fsp3) is 0.417. The smallest absolute Gasteiger partial charge is 0.211 e. The maximum Gasteiger partial charge on any atom is 0.211 e. The van der Waals surface area contributed by atoms with E-state index < -0.39 is 10.0 Å². The predicted molar refractivity (Wildman–Crippen MR) is 74.7 cm³/mol. The topological polar surface area (TPSA) is 69.3 Å². The number of anilines is 1. The van der Waals surface area contributed by atoms with Crippen LogP contribution in [0.2, 0.25) is 0 Å². The Hall–Kier alpha value is -1.60. The summed E-state index contributed by atoms with van der Waals surface area (Å²) in [5.74, 6) is 0. The van der Waals surface area contributed by atoms with Crippen LogP contribution in [0.1, 0.15) is 0 Å². The molecule has 0 saturated carbocycles. The quantitative estimate of drug-likeness (QED) is 0.876. The van der Waals surface area contributed by atoms with Gasteiger partial charge in [-0.3, -0.25) is 5.10 Å². The molecule has 1 aliphatic rings. The second kappa shape index (κ2) is 4.50. The highest BCUT2D eigenvalue weighted by Gasteiger charge is 2.24. The van der Waals surface area contributed by atoms with Gasteiger partial charge in [-0.05, 0) is 12.1 Å². The van der Waals surface area contributed by atoms with Crippen molar-refractivity contribution in [2.24, 2.45) is 0 Å². The van der Waals surface area contributed by atoms with Gasteiger partial charge in [-0.2, -0.15) is 9.40 Å². The van der Waals surface area contributed by atoms with E-state index >= 15 is 0 Å². The molecular weight excluding hydrogens is 264 g/mol. The van der Waals surface area contributed by atoms with Crippen molar-refractivity contribution < 1.29 is 8.42 Å². The second-order valence-corrected chi connectivity index (χ2v) is 6.74. The van der Waals surface area contributed by atoms with Crippen LogP contribution in [0.25, 0.3) is 10.9 Å². The molecule has 1 saturated heterocycles. The van der Waals surface area contributed by atoms with Gasteiger partial charge in [0.15, 0.2) is 0 Å². The summed E-state index contributed by atoms with van der Waals surface area (Å²) in [5.41, 5.74) is 2.11. The molecule has 0 spiro atoms. The molecule has 3 rings (SSSR count). The first-order valence-electron chi connectivity index (χ1n) is 6.18. The van der Waals surface area contributed by atoms with Crippen molar-refractivity contribution in [3.05, 3.63) is 24.4 Å². The number of aromatic amines is 1. The SMILES string of the molecule is CS(=O)(=O)N1CCN(c2cccc3[nH]ncc23)CC1. The van der Waals surface area contributed by atoms with Crippen LogP contribution in [-0.4, -0.2) is 55.4 Å². The molecule has 19 heavy (non-hydrogen) atoms. The van der Waals surface area contributed by atoms with E-state index in [-0.39, 0.29) is 0 Å². The molecular formula is C12H16N4O2S. The summed E-state index contributed by atoms with van der Waals surface area (Å²) in [5, 5.41) is 8.08. The van der Waals surface area contributed by atoms with Crippen LogP contribution in [0.5, 0.6) is 0 Å². The Morgan fingerprint density at radius 2 is 1.95 bits per heavy atom. The number of hydrogen-bond acceptors (Lipinski definition) is 4. The molecule has 1 aromatic heterocycles. The number of hydrogen-bond donors (Lipinski definition) is 1. The Morgan fingerprint density at radius 3 is 2.63 bits per heavy atom. The van der Waals surface area contributed by atoms with Gasteiger partial charge in [-0.25, -0.2) is 8.42 Å².